The molecule has 6 heteroatoms. The highest BCUT2D eigenvalue weighted by atomic mass is 35.5. The van der Waals surface area contributed by atoms with Gasteiger partial charge in [-0.1, -0.05) is 0 Å². The van der Waals surface area contributed by atoms with Gasteiger partial charge in [-0.15, -0.1) is 12.4 Å². The molecule has 0 unspecified atom stereocenters. The van der Waals surface area contributed by atoms with Crippen LogP contribution in [-0.2, 0) is 0 Å². The number of nitrogens with zero attached hydrogens (tertiary/aromatic N) is 3. The van der Waals surface area contributed by atoms with Gasteiger partial charge in [0.15, 0.2) is 0 Å². The van der Waals surface area contributed by atoms with Crippen LogP contribution in [0.1, 0.15) is 28.9 Å². The van der Waals surface area contributed by atoms with Crippen molar-refractivity contribution in [1.82, 2.24) is 20.0 Å². The third kappa shape index (κ3) is 3.58. The number of carbonyl (C=O) groups excluding carboxylic acids is 1. The molecule has 2 fully saturated rings. The van der Waals surface area contributed by atoms with Crippen LogP contribution in [0.2, 0.25) is 0 Å². The van der Waals surface area contributed by atoms with E-state index in [9.17, 15) is 4.79 Å². The van der Waals surface area contributed by atoms with Crippen molar-refractivity contribution in [2.75, 3.05) is 26.2 Å². The number of benzene rings is 1. The molecule has 1 N–H and O–H groups in total. The van der Waals surface area contributed by atoms with Crippen LogP contribution >= 0.6 is 12.4 Å². The molecule has 1 aromatic carbocycles. The Kier molecular flexibility index (Phi) is 5.45. The lowest BCUT2D eigenvalue weighted by Gasteiger charge is -2.21. The van der Waals surface area contributed by atoms with Crippen LogP contribution in [0.25, 0.3) is 5.69 Å². The molecular weight excluding hydrogens is 336 g/mol. The maximum absolute atomic E-state index is 12.8. The van der Waals surface area contributed by atoms with E-state index >= 15 is 0 Å². The first-order chi connectivity index (χ1) is 11.7. The molecule has 3 heterocycles. The number of aryl methyl sites for hydroxylation is 1. The van der Waals surface area contributed by atoms with Gasteiger partial charge >= 0.3 is 0 Å². The van der Waals surface area contributed by atoms with Crippen LogP contribution in [0, 0.1) is 18.8 Å². The molecule has 1 amide bonds. The Morgan fingerprint density at radius 1 is 1.08 bits per heavy atom. The summed E-state index contributed by atoms with van der Waals surface area (Å²) < 4.78 is 1.88. The van der Waals surface area contributed by atoms with Crippen molar-refractivity contribution in [3.05, 3.63) is 47.8 Å². The largest absolute Gasteiger partial charge is 0.339 e. The van der Waals surface area contributed by atoms with E-state index in [1.165, 1.54) is 0 Å². The lowest BCUT2D eigenvalue weighted by atomic mass is 9.92. The fourth-order valence-corrected chi connectivity index (χ4v) is 3.99. The van der Waals surface area contributed by atoms with Crippen molar-refractivity contribution in [3.8, 4) is 5.69 Å². The summed E-state index contributed by atoms with van der Waals surface area (Å²) in [6.45, 7) is 6.01. The first kappa shape index (κ1) is 18.0. The number of hydrogen-bond donors (Lipinski definition) is 1. The summed E-state index contributed by atoms with van der Waals surface area (Å²) in [7, 11) is 0. The van der Waals surface area contributed by atoms with E-state index in [-0.39, 0.29) is 18.3 Å². The smallest absolute Gasteiger partial charge is 0.253 e. The summed E-state index contributed by atoms with van der Waals surface area (Å²) in [5.41, 5.74) is 2.85. The molecule has 4 rings (SSSR count). The number of fused-ring (bicyclic) bond motifs is 1. The Bertz CT molecular complexity index is 713. The van der Waals surface area contributed by atoms with Gasteiger partial charge in [-0.3, -0.25) is 4.79 Å². The van der Waals surface area contributed by atoms with Gasteiger partial charge in [-0.05, 0) is 75.0 Å². The van der Waals surface area contributed by atoms with Crippen LogP contribution in [0.3, 0.4) is 0 Å². The lowest BCUT2D eigenvalue weighted by Crippen LogP contribution is -2.32. The SMILES string of the molecule is Cc1ccnn1-c1ccc(C(=O)N2CC[C@@H]3CNC[C@@H]3CC2)cc1.Cl. The highest BCUT2D eigenvalue weighted by Crippen LogP contribution is 2.27. The van der Waals surface area contributed by atoms with Crippen LogP contribution in [0.5, 0.6) is 0 Å². The number of halogens is 1. The first-order valence-corrected chi connectivity index (χ1v) is 8.83. The van der Waals surface area contributed by atoms with E-state index < -0.39 is 0 Å². The average molecular weight is 361 g/mol. The predicted molar refractivity (Wildman–Crippen MR) is 101 cm³/mol. The molecule has 2 atom stereocenters. The molecule has 2 aliphatic rings. The van der Waals surface area contributed by atoms with Crippen molar-refractivity contribution >= 4 is 18.3 Å². The number of rotatable bonds is 2. The van der Waals surface area contributed by atoms with E-state index in [0.717, 1.165) is 67.8 Å². The second kappa shape index (κ2) is 7.58. The molecule has 134 valence electrons. The number of amides is 1. The van der Waals surface area contributed by atoms with Crippen LogP contribution in [0.15, 0.2) is 36.5 Å². The highest BCUT2D eigenvalue weighted by molar-refractivity contribution is 5.94. The van der Waals surface area contributed by atoms with Crippen molar-refractivity contribution < 1.29 is 4.79 Å². The Morgan fingerprint density at radius 3 is 2.28 bits per heavy atom. The number of aromatic nitrogens is 2. The van der Waals surface area contributed by atoms with Gasteiger partial charge in [0.1, 0.15) is 0 Å². The standard InChI is InChI=1S/C19H24N4O.ClH/c1-14-6-9-21-23(14)18-4-2-15(3-5-18)19(24)22-10-7-16-12-20-13-17(16)8-11-22;/h2-6,9,16-17,20H,7-8,10-13H2,1H3;1H/t16-,17+;. The zero-order valence-corrected chi connectivity index (χ0v) is 15.3. The molecule has 5 nitrogen and oxygen atoms in total. The average Bonchev–Trinajstić information content (AvgIpc) is 3.19. The Morgan fingerprint density at radius 2 is 1.72 bits per heavy atom. The van der Waals surface area contributed by atoms with Gasteiger partial charge in [0, 0.05) is 30.5 Å². The van der Waals surface area contributed by atoms with Gasteiger partial charge in [0.2, 0.25) is 0 Å². The summed E-state index contributed by atoms with van der Waals surface area (Å²) in [5.74, 6) is 1.65. The number of nitrogens with one attached hydrogen (secondary N) is 1. The quantitative estimate of drug-likeness (QED) is 0.895. The normalized spacial score (nSPS) is 22.8. The molecular formula is C19H25ClN4O. The van der Waals surface area contributed by atoms with Gasteiger partial charge in [0.05, 0.1) is 5.69 Å². The minimum Gasteiger partial charge on any atom is -0.339 e. The van der Waals surface area contributed by atoms with Gasteiger partial charge in [0.25, 0.3) is 5.91 Å². The third-order valence-corrected chi connectivity index (χ3v) is 5.50. The molecule has 2 aliphatic heterocycles. The highest BCUT2D eigenvalue weighted by Gasteiger charge is 2.31. The predicted octanol–water partition coefficient (Wildman–Crippen LogP) is 2.67. The summed E-state index contributed by atoms with van der Waals surface area (Å²) in [4.78, 5) is 14.9. The Labute approximate surface area is 154 Å². The maximum Gasteiger partial charge on any atom is 0.253 e. The summed E-state index contributed by atoms with van der Waals surface area (Å²) in [6.07, 6.45) is 4.03. The molecule has 2 aromatic rings. The number of likely N-dealkylation sites (tertiary alicyclic amines) is 1. The van der Waals surface area contributed by atoms with Crippen molar-refractivity contribution in [2.45, 2.75) is 19.8 Å². The molecule has 0 aliphatic carbocycles. The van der Waals surface area contributed by atoms with E-state index in [1.54, 1.807) is 6.20 Å². The summed E-state index contributed by atoms with van der Waals surface area (Å²) in [5, 5.41) is 7.79. The minimum atomic E-state index is 0. The Hall–Kier alpha value is -1.85. The monoisotopic (exact) mass is 360 g/mol. The van der Waals surface area contributed by atoms with Gasteiger partial charge < -0.3 is 10.2 Å². The van der Waals surface area contributed by atoms with E-state index in [2.05, 4.69) is 10.4 Å². The summed E-state index contributed by atoms with van der Waals surface area (Å²) in [6, 6.07) is 9.77. The van der Waals surface area contributed by atoms with Crippen molar-refractivity contribution in [2.24, 2.45) is 11.8 Å². The van der Waals surface area contributed by atoms with Crippen LogP contribution in [-0.4, -0.2) is 46.8 Å². The molecule has 0 spiro atoms. The maximum atomic E-state index is 12.8. The topological polar surface area (TPSA) is 50.2 Å². The number of hydrogen-bond acceptors (Lipinski definition) is 3. The first-order valence-electron chi connectivity index (χ1n) is 8.83. The van der Waals surface area contributed by atoms with E-state index in [4.69, 9.17) is 0 Å². The summed E-state index contributed by atoms with van der Waals surface area (Å²) >= 11 is 0. The van der Waals surface area contributed by atoms with E-state index in [0.29, 0.717) is 0 Å². The number of carbonyl (C=O) groups is 1. The van der Waals surface area contributed by atoms with Crippen molar-refractivity contribution in [1.29, 1.82) is 0 Å². The lowest BCUT2D eigenvalue weighted by molar-refractivity contribution is 0.0758. The molecule has 25 heavy (non-hydrogen) atoms. The van der Waals surface area contributed by atoms with Gasteiger partial charge in [-0.25, -0.2) is 4.68 Å². The zero-order valence-electron chi connectivity index (χ0n) is 14.5. The molecule has 0 saturated carbocycles. The fraction of sp³-hybridized carbons (Fsp3) is 0.474. The van der Waals surface area contributed by atoms with Crippen LogP contribution < -0.4 is 5.32 Å². The van der Waals surface area contributed by atoms with Crippen molar-refractivity contribution in [3.63, 3.8) is 0 Å². The fourth-order valence-electron chi connectivity index (χ4n) is 3.99. The molecule has 0 bridgehead atoms. The zero-order chi connectivity index (χ0) is 16.5. The van der Waals surface area contributed by atoms with E-state index in [1.807, 2.05) is 46.8 Å². The third-order valence-electron chi connectivity index (χ3n) is 5.50. The second-order valence-electron chi connectivity index (χ2n) is 6.98. The molecule has 2 saturated heterocycles. The van der Waals surface area contributed by atoms with Gasteiger partial charge in [-0.2, -0.15) is 5.10 Å². The second-order valence-corrected chi connectivity index (χ2v) is 6.98. The molecule has 1 aromatic heterocycles. The Balaban J connectivity index is 0.00000182. The minimum absolute atomic E-state index is 0. The van der Waals surface area contributed by atoms with Crippen LogP contribution in [0.4, 0.5) is 0 Å². The molecule has 0 radical (unpaired) electrons.